The van der Waals surface area contributed by atoms with Gasteiger partial charge in [0.25, 0.3) is 0 Å². The summed E-state index contributed by atoms with van der Waals surface area (Å²) in [5.41, 5.74) is 5.77. The normalized spacial score (nSPS) is 12.5. The second-order valence-corrected chi connectivity index (χ2v) is 2.83. The molecule has 4 nitrogen and oxygen atoms in total. The van der Waals surface area contributed by atoms with E-state index >= 15 is 0 Å². The summed E-state index contributed by atoms with van der Waals surface area (Å²) < 4.78 is 17.7. The van der Waals surface area contributed by atoms with E-state index in [0.717, 1.165) is 6.07 Å². The number of ether oxygens (including phenoxy) is 1. The molecular weight excluding hydrogens is 189 g/mol. The van der Waals surface area contributed by atoms with Gasteiger partial charge in [0.2, 0.25) is 0 Å². The summed E-state index contributed by atoms with van der Waals surface area (Å²) in [6, 6.07) is 3.71. The van der Waals surface area contributed by atoms with Gasteiger partial charge in [-0.25, -0.2) is 4.39 Å². The molecule has 0 saturated heterocycles. The van der Waals surface area contributed by atoms with E-state index < -0.39 is 18.5 Å². The first-order valence-corrected chi connectivity index (χ1v) is 4.10. The van der Waals surface area contributed by atoms with Crippen molar-refractivity contribution in [3.8, 4) is 5.75 Å². The molecule has 0 radical (unpaired) electrons. The third-order valence-electron chi connectivity index (χ3n) is 1.62. The SMILES string of the molecule is Nc1ccc(F)cc1OCC(O)CO. The van der Waals surface area contributed by atoms with Crippen molar-refractivity contribution >= 4 is 5.69 Å². The number of nitrogen functional groups attached to an aromatic ring is 1. The lowest BCUT2D eigenvalue weighted by atomic mass is 10.3. The van der Waals surface area contributed by atoms with E-state index in [1.165, 1.54) is 12.1 Å². The van der Waals surface area contributed by atoms with Gasteiger partial charge in [0.1, 0.15) is 24.3 Å². The third-order valence-corrected chi connectivity index (χ3v) is 1.62. The molecule has 0 aliphatic heterocycles. The fourth-order valence-corrected chi connectivity index (χ4v) is 0.872. The van der Waals surface area contributed by atoms with Crippen molar-refractivity contribution < 1.29 is 19.3 Å². The minimum Gasteiger partial charge on any atom is -0.489 e. The maximum Gasteiger partial charge on any atom is 0.145 e. The Balaban J connectivity index is 2.62. The smallest absolute Gasteiger partial charge is 0.145 e. The molecule has 0 aliphatic rings. The van der Waals surface area contributed by atoms with Gasteiger partial charge in [-0.2, -0.15) is 0 Å². The molecular formula is C9H12FNO3. The Labute approximate surface area is 80.7 Å². The van der Waals surface area contributed by atoms with Crippen LogP contribution in [-0.2, 0) is 0 Å². The average molecular weight is 201 g/mol. The molecule has 0 aromatic heterocycles. The number of aliphatic hydroxyl groups excluding tert-OH is 2. The van der Waals surface area contributed by atoms with E-state index in [1.807, 2.05) is 0 Å². The number of hydrogen-bond donors (Lipinski definition) is 3. The third kappa shape index (κ3) is 2.86. The van der Waals surface area contributed by atoms with E-state index in [2.05, 4.69) is 0 Å². The highest BCUT2D eigenvalue weighted by atomic mass is 19.1. The van der Waals surface area contributed by atoms with Gasteiger partial charge in [-0.15, -0.1) is 0 Å². The van der Waals surface area contributed by atoms with Gasteiger partial charge in [-0.1, -0.05) is 0 Å². The Morgan fingerprint density at radius 2 is 2.21 bits per heavy atom. The monoisotopic (exact) mass is 201 g/mol. The fraction of sp³-hybridized carbons (Fsp3) is 0.333. The molecule has 0 heterocycles. The lowest BCUT2D eigenvalue weighted by Gasteiger charge is -2.11. The number of anilines is 1. The first kappa shape index (κ1) is 10.7. The van der Waals surface area contributed by atoms with Gasteiger partial charge in [0.05, 0.1) is 12.3 Å². The Bertz CT molecular complexity index is 306. The first-order valence-electron chi connectivity index (χ1n) is 4.10. The molecule has 0 fully saturated rings. The summed E-state index contributed by atoms with van der Waals surface area (Å²) in [6.07, 6.45) is -0.988. The molecule has 1 unspecified atom stereocenters. The molecule has 0 spiro atoms. The average Bonchev–Trinajstić information content (AvgIpc) is 2.19. The molecule has 0 aliphatic carbocycles. The van der Waals surface area contributed by atoms with E-state index in [4.69, 9.17) is 20.7 Å². The largest absolute Gasteiger partial charge is 0.489 e. The molecule has 4 N–H and O–H groups in total. The summed E-state index contributed by atoms with van der Waals surface area (Å²) >= 11 is 0. The van der Waals surface area contributed by atoms with Gasteiger partial charge in [-0.05, 0) is 12.1 Å². The van der Waals surface area contributed by atoms with Crippen molar-refractivity contribution in [1.29, 1.82) is 0 Å². The highest BCUT2D eigenvalue weighted by Crippen LogP contribution is 2.21. The zero-order valence-electron chi connectivity index (χ0n) is 7.48. The predicted octanol–water partition coefficient (Wildman–Crippen LogP) is 0.140. The van der Waals surface area contributed by atoms with Gasteiger partial charge < -0.3 is 20.7 Å². The molecule has 1 atom stereocenters. The van der Waals surface area contributed by atoms with E-state index in [0.29, 0.717) is 0 Å². The summed E-state index contributed by atoms with van der Waals surface area (Å²) in [4.78, 5) is 0. The van der Waals surface area contributed by atoms with E-state index in [9.17, 15) is 4.39 Å². The highest BCUT2D eigenvalue weighted by molar-refractivity contribution is 5.52. The van der Waals surface area contributed by atoms with Crippen LogP contribution >= 0.6 is 0 Å². The lowest BCUT2D eigenvalue weighted by Crippen LogP contribution is -2.21. The molecule has 1 aromatic rings. The Kier molecular flexibility index (Phi) is 3.67. The van der Waals surface area contributed by atoms with Crippen molar-refractivity contribution in [3.63, 3.8) is 0 Å². The Morgan fingerprint density at radius 3 is 2.86 bits per heavy atom. The number of halogens is 1. The summed E-state index contributed by atoms with van der Waals surface area (Å²) in [5, 5.41) is 17.5. The van der Waals surface area contributed by atoms with Gasteiger partial charge >= 0.3 is 0 Å². The van der Waals surface area contributed by atoms with Crippen LogP contribution in [0.4, 0.5) is 10.1 Å². The zero-order chi connectivity index (χ0) is 10.6. The molecule has 14 heavy (non-hydrogen) atoms. The number of benzene rings is 1. The van der Waals surface area contributed by atoms with Gasteiger partial charge in [-0.3, -0.25) is 0 Å². The second kappa shape index (κ2) is 4.78. The van der Waals surface area contributed by atoms with Crippen LogP contribution in [0.1, 0.15) is 0 Å². The predicted molar refractivity (Wildman–Crippen MR) is 49.4 cm³/mol. The van der Waals surface area contributed by atoms with Crippen LogP contribution in [0.25, 0.3) is 0 Å². The maximum atomic E-state index is 12.7. The maximum absolute atomic E-state index is 12.7. The molecule has 0 saturated carbocycles. The van der Waals surface area contributed by atoms with Crippen molar-refractivity contribution in [2.75, 3.05) is 18.9 Å². The second-order valence-electron chi connectivity index (χ2n) is 2.83. The van der Waals surface area contributed by atoms with Crippen LogP contribution in [0.5, 0.6) is 5.75 Å². The van der Waals surface area contributed by atoms with Crippen molar-refractivity contribution in [1.82, 2.24) is 0 Å². The molecule has 1 aromatic carbocycles. The summed E-state index contributed by atoms with van der Waals surface area (Å²) in [5.74, 6) is -0.301. The van der Waals surface area contributed by atoms with E-state index in [-0.39, 0.29) is 18.0 Å². The standard InChI is InChI=1S/C9H12FNO3/c10-6-1-2-8(11)9(3-6)14-5-7(13)4-12/h1-3,7,12-13H,4-5,11H2. The van der Waals surface area contributed by atoms with Crippen LogP contribution in [0, 0.1) is 5.82 Å². The van der Waals surface area contributed by atoms with Crippen molar-refractivity contribution in [2.45, 2.75) is 6.10 Å². The Hall–Kier alpha value is -1.33. The quantitative estimate of drug-likeness (QED) is 0.606. The first-order chi connectivity index (χ1) is 6.63. The molecule has 0 bridgehead atoms. The Morgan fingerprint density at radius 1 is 1.50 bits per heavy atom. The minimum atomic E-state index is -0.988. The minimum absolute atomic E-state index is 0.121. The molecule has 5 heteroatoms. The van der Waals surface area contributed by atoms with Crippen LogP contribution < -0.4 is 10.5 Å². The highest BCUT2D eigenvalue weighted by Gasteiger charge is 2.06. The summed E-state index contributed by atoms with van der Waals surface area (Å²) in [7, 11) is 0. The number of aliphatic hydroxyl groups is 2. The number of hydrogen-bond acceptors (Lipinski definition) is 4. The van der Waals surface area contributed by atoms with Crippen molar-refractivity contribution in [3.05, 3.63) is 24.0 Å². The van der Waals surface area contributed by atoms with Crippen LogP contribution in [0.3, 0.4) is 0 Å². The fourth-order valence-electron chi connectivity index (χ4n) is 0.872. The number of rotatable bonds is 4. The van der Waals surface area contributed by atoms with Crippen LogP contribution in [0.15, 0.2) is 18.2 Å². The van der Waals surface area contributed by atoms with Crippen LogP contribution in [0.2, 0.25) is 0 Å². The van der Waals surface area contributed by atoms with Crippen LogP contribution in [-0.4, -0.2) is 29.5 Å². The van der Waals surface area contributed by atoms with Gasteiger partial charge in [0, 0.05) is 6.07 Å². The van der Waals surface area contributed by atoms with E-state index in [1.54, 1.807) is 0 Å². The number of nitrogens with two attached hydrogens (primary N) is 1. The zero-order valence-corrected chi connectivity index (χ0v) is 7.48. The lowest BCUT2D eigenvalue weighted by molar-refractivity contribution is 0.0537. The van der Waals surface area contributed by atoms with Crippen molar-refractivity contribution in [2.24, 2.45) is 0 Å². The molecule has 78 valence electrons. The van der Waals surface area contributed by atoms with Gasteiger partial charge in [0.15, 0.2) is 0 Å². The topological polar surface area (TPSA) is 75.7 Å². The summed E-state index contributed by atoms with van der Waals surface area (Å²) in [6.45, 7) is -0.528. The molecule has 1 rings (SSSR count). The molecule has 0 amide bonds.